The normalized spacial score (nSPS) is 16.9. The number of hydrogen-bond acceptors (Lipinski definition) is 6. The molecule has 0 fully saturated rings. The Kier molecular flexibility index (Phi) is 8.87. The molecular formula is C30H26ClF4N7O3. The second-order valence-corrected chi connectivity index (χ2v) is 10.9. The molecule has 2 aromatic carbocycles. The van der Waals surface area contributed by atoms with E-state index >= 15 is 0 Å². The lowest BCUT2D eigenvalue weighted by Crippen LogP contribution is -2.30. The number of halogens is 5. The van der Waals surface area contributed by atoms with Gasteiger partial charge >= 0.3 is 12.1 Å². The van der Waals surface area contributed by atoms with Crippen molar-refractivity contribution >= 4 is 40.7 Å². The summed E-state index contributed by atoms with van der Waals surface area (Å²) in [6.07, 6.45) is -2.26. The predicted octanol–water partition coefficient (Wildman–Crippen LogP) is 6.16. The van der Waals surface area contributed by atoms with E-state index in [0.717, 1.165) is 0 Å². The molecule has 3 N–H and O–H groups in total. The van der Waals surface area contributed by atoms with E-state index in [1.807, 2.05) is 0 Å². The van der Waals surface area contributed by atoms with Crippen LogP contribution in [0.2, 0.25) is 5.02 Å². The number of carbonyl (C=O) groups excluding carboxylic acids is 3. The molecule has 0 aliphatic carbocycles. The topological polar surface area (TPSA) is 131 Å². The van der Waals surface area contributed by atoms with E-state index in [2.05, 4.69) is 25.9 Å². The Morgan fingerprint density at radius 1 is 1.11 bits per heavy atom. The number of anilines is 2. The van der Waals surface area contributed by atoms with Crippen LogP contribution in [0.1, 0.15) is 54.1 Å². The lowest BCUT2D eigenvalue weighted by molar-refractivity contribution is -0.167. The smallest absolute Gasteiger partial charge is 0.342 e. The molecule has 1 aliphatic heterocycles. The van der Waals surface area contributed by atoms with Crippen molar-refractivity contribution in [1.82, 2.24) is 25.3 Å². The van der Waals surface area contributed by atoms with Crippen LogP contribution in [0.3, 0.4) is 0 Å². The van der Waals surface area contributed by atoms with Gasteiger partial charge in [0.05, 0.1) is 28.1 Å². The zero-order chi connectivity index (χ0) is 32.5. The van der Waals surface area contributed by atoms with Gasteiger partial charge in [-0.25, -0.2) is 9.07 Å². The van der Waals surface area contributed by atoms with Crippen LogP contribution in [0.25, 0.3) is 16.8 Å². The number of benzene rings is 2. The van der Waals surface area contributed by atoms with Crippen molar-refractivity contribution in [1.29, 1.82) is 0 Å². The summed E-state index contributed by atoms with van der Waals surface area (Å²) in [7, 11) is 0. The van der Waals surface area contributed by atoms with Crippen LogP contribution >= 0.6 is 11.6 Å². The summed E-state index contributed by atoms with van der Waals surface area (Å²) in [4.78, 5) is 42.5. The highest BCUT2D eigenvalue weighted by molar-refractivity contribution is 6.30. The maximum atomic E-state index is 14.7. The van der Waals surface area contributed by atoms with Crippen LogP contribution in [-0.2, 0) is 9.59 Å². The standard InChI is InChI=1S/C30H26ClF4N7O3/c1-15-5-3-7-21(38-28(44)26-16(2)42(41-40-26)24-8-4-6-20(31)25(24)32)23-13-17(11-12-36-23)19-10-9-18(14-22(19)39-27(15)43)37-29(45)30(33,34)35/h4,6,8-15,21H,3,5,7H2,1-2H3,(H,37,45)(H,38,44)(H,39,43)/t15-,21+/m1/s1. The van der Waals surface area contributed by atoms with E-state index in [9.17, 15) is 31.9 Å². The highest BCUT2D eigenvalue weighted by atomic mass is 35.5. The Labute approximate surface area is 259 Å². The van der Waals surface area contributed by atoms with E-state index < -0.39 is 35.8 Å². The number of amides is 3. The van der Waals surface area contributed by atoms with Gasteiger partial charge in [-0.15, -0.1) is 5.10 Å². The average molecular weight is 644 g/mol. The molecule has 2 atom stereocenters. The SMILES string of the molecule is Cc1c(C(=O)N[C@H]2CCC[C@@H](C)C(=O)Nc3cc(NC(=O)C(F)(F)F)ccc3-c3ccnc2c3)nnn1-c1cccc(Cl)c1F. The molecule has 15 heteroatoms. The molecule has 0 saturated carbocycles. The van der Waals surface area contributed by atoms with Crippen molar-refractivity contribution < 1.29 is 31.9 Å². The summed E-state index contributed by atoms with van der Waals surface area (Å²) in [5, 5.41) is 15.3. The van der Waals surface area contributed by atoms with Gasteiger partial charge in [0.1, 0.15) is 5.69 Å². The number of pyridine rings is 1. The summed E-state index contributed by atoms with van der Waals surface area (Å²) in [6, 6.07) is 11.1. The van der Waals surface area contributed by atoms with Crippen LogP contribution < -0.4 is 16.0 Å². The van der Waals surface area contributed by atoms with Crippen molar-refractivity contribution in [3.8, 4) is 16.8 Å². The van der Waals surface area contributed by atoms with Gasteiger partial charge in [-0.1, -0.05) is 42.3 Å². The van der Waals surface area contributed by atoms with Gasteiger partial charge in [0.25, 0.3) is 5.91 Å². The largest absolute Gasteiger partial charge is 0.471 e. The molecule has 2 bridgehead atoms. The van der Waals surface area contributed by atoms with Crippen LogP contribution in [0.15, 0.2) is 54.7 Å². The fraction of sp³-hybridized carbons (Fsp3) is 0.267. The van der Waals surface area contributed by atoms with Crippen molar-refractivity contribution in [2.24, 2.45) is 5.92 Å². The maximum absolute atomic E-state index is 14.7. The molecule has 3 heterocycles. The van der Waals surface area contributed by atoms with Crippen molar-refractivity contribution in [2.75, 3.05) is 10.6 Å². The van der Waals surface area contributed by atoms with Crippen LogP contribution in [-0.4, -0.2) is 43.9 Å². The predicted molar refractivity (Wildman–Crippen MR) is 157 cm³/mol. The molecule has 5 rings (SSSR count). The minimum absolute atomic E-state index is 0.0268. The highest BCUT2D eigenvalue weighted by Gasteiger charge is 2.38. The molecule has 234 valence electrons. The van der Waals surface area contributed by atoms with E-state index in [1.165, 1.54) is 41.2 Å². The van der Waals surface area contributed by atoms with E-state index in [1.54, 1.807) is 37.4 Å². The van der Waals surface area contributed by atoms with Crippen LogP contribution in [0.5, 0.6) is 0 Å². The van der Waals surface area contributed by atoms with Crippen LogP contribution in [0.4, 0.5) is 28.9 Å². The Morgan fingerprint density at radius 3 is 2.64 bits per heavy atom. The minimum atomic E-state index is -5.09. The van der Waals surface area contributed by atoms with Gasteiger partial charge in [0, 0.05) is 23.4 Å². The number of nitrogens with zero attached hydrogens (tertiary/aromatic N) is 4. The number of carbonyl (C=O) groups is 3. The Balaban J connectivity index is 1.48. The fourth-order valence-electron chi connectivity index (χ4n) is 4.95. The van der Waals surface area contributed by atoms with E-state index in [-0.39, 0.29) is 39.4 Å². The minimum Gasteiger partial charge on any atom is -0.342 e. The first-order valence-corrected chi connectivity index (χ1v) is 14.2. The third-order valence-electron chi connectivity index (χ3n) is 7.39. The van der Waals surface area contributed by atoms with Gasteiger partial charge < -0.3 is 16.0 Å². The number of hydrogen-bond donors (Lipinski definition) is 3. The van der Waals surface area contributed by atoms with E-state index in [4.69, 9.17) is 11.6 Å². The summed E-state index contributed by atoms with van der Waals surface area (Å²) < 4.78 is 54.4. The van der Waals surface area contributed by atoms with Gasteiger partial charge in [0.15, 0.2) is 11.5 Å². The molecule has 0 radical (unpaired) electrons. The average Bonchev–Trinajstić information content (AvgIpc) is 3.38. The summed E-state index contributed by atoms with van der Waals surface area (Å²) in [5.74, 6) is -4.31. The summed E-state index contributed by atoms with van der Waals surface area (Å²) >= 11 is 5.91. The second-order valence-electron chi connectivity index (χ2n) is 10.5. The Morgan fingerprint density at radius 2 is 1.89 bits per heavy atom. The van der Waals surface area contributed by atoms with Gasteiger partial charge in [-0.2, -0.15) is 13.2 Å². The molecule has 0 saturated heterocycles. The number of alkyl halides is 3. The molecule has 3 amide bonds. The molecule has 0 unspecified atom stereocenters. The number of aromatic nitrogens is 4. The first kappa shape index (κ1) is 31.6. The van der Waals surface area contributed by atoms with Gasteiger partial charge in [-0.3, -0.25) is 19.4 Å². The lowest BCUT2D eigenvalue weighted by Gasteiger charge is -2.22. The fourth-order valence-corrected chi connectivity index (χ4v) is 5.11. The zero-order valence-corrected chi connectivity index (χ0v) is 24.6. The maximum Gasteiger partial charge on any atom is 0.471 e. The molecule has 10 nitrogen and oxygen atoms in total. The third-order valence-corrected chi connectivity index (χ3v) is 7.69. The quantitative estimate of drug-likeness (QED) is 0.228. The third kappa shape index (κ3) is 6.80. The Bertz CT molecular complexity index is 1790. The van der Waals surface area contributed by atoms with Crippen molar-refractivity contribution in [2.45, 2.75) is 45.3 Å². The van der Waals surface area contributed by atoms with Crippen molar-refractivity contribution in [3.05, 3.63) is 82.6 Å². The monoisotopic (exact) mass is 643 g/mol. The summed E-state index contributed by atoms with van der Waals surface area (Å²) in [6.45, 7) is 3.27. The first-order chi connectivity index (χ1) is 21.3. The molecule has 45 heavy (non-hydrogen) atoms. The number of fused-ring (bicyclic) bond motifs is 4. The lowest BCUT2D eigenvalue weighted by atomic mass is 9.95. The zero-order valence-electron chi connectivity index (χ0n) is 23.9. The van der Waals surface area contributed by atoms with E-state index in [0.29, 0.717) is 36.1 Å². The van der Waals surface area contributed by atoms with Gasteiger partial charge in [-0.05, 0) is 61.7 Å². The highest BCUT2D eigenvalue weighted by Crippen LogP contribution is 2.34. The van der Waals surface area contributed by atoms with Crippen LogP contribution in [0, 0.1) is 18.7 Å². The number of rotatable bonds is 4. The van der Waals surface area contributed by atoms with Gasteiger partial charge in [0.2, 0.25) is 5.91 Å². The molecular weight excluding hydrogens is 618 g/mol. The van der Waals surface area contributed by atoms with Crippen molar-refractivity contribution in [3.63, 3.8) is 0 Å². The summed E-state index contributed by atoms with van der Waals surface area (Å²) in [5.41, 5.74) is 1.78. The molecule has 4 aromatic rings. The number of nitrogens with one attached hydrogen (secondary N) is 3. The Hall–Kier alpha value is -4.85. The second kappa shape index (κ2) is 12.6. The molecule has 1 aliphatic rings. The molecule has 0 spiro atoms. The molecule has 2 aromatic heterocycles. The first-order valence-electron chi connectivity index (χ1n) is 13.8.